The standard InChI is InChI=1S/C7H8O3S.C6H14NO/c1-6-2-4-7(5-3-6)11(8,9)10;1-7(2,3)4-6-5-8-6/h2-5H,1H3,(H,8,9,10);6H,4-5H2,1-3H3/q;+1/p-1. The van der Waals surface area contributed by atoms with Crippen molar-refractivity contribution in [1.29, 1.82) is 0 Å². The Morgan fingerprint density at radius 2 is 1.74 bits per heavy atom. The number of ether oxygens (including phenoxy) is 1. The number of quaternary nitrogens is 1. The molecule has 19 heavy (non-hydrogen) atoms. The summed E-state index contributed by atoms with van der Waals surface area (Å²) >= 11 is 0. The predicted octanol–water partition coefficient (Wildman–Crippen LogP) is 0.991. The topological polar surface area (TPSA) is 69.7 Å². The highest BCUT2D eigenvalue weighted by Gasteiger charge is 2.28. The van der Waals surface area contributed by atoms with Gasteiger partial charge in [-0.3, -0.25) is 0 Å². The summed E-state index contributed by atoms with van der Waals surface area (Å²) in [6, 6.07) is 5.78. The number of likely N-dealkylation sites (N-methyl/N-ethyl adjacent to an activating group) is 1. The molecule has 1 saturated heterocycles. The van der Waals surface area contributed by atoms with Crippen LogP contribution in [0.15, 0.2) is 29.2 Å². The molecule has 0 spiro atoms. The molecule has 1 heterocycles. The first-order chi connectivity index (χ1) is 8.58. The number of epoxide rings is 1. The molecule has 0 bridgehead atoms. The summed E-state index contributed by atoms with van der Waals surface area (Å²) in [5.41, 5.74) is 0.928. The van der Waals surface area contributed by atoms with Crippen LogP contribution >= 0.6 is 0 Å². The molecule has 0 radical (unpaired) electrons. The van der Waals surface area contributed by atoms with E-state index in [0.29, 0.717) is 6.10 Å². The third-order valence-electron chi connectivity index (χ3n) is 2.46. The van der Waals surface area contributed by atoms with Crippen LogP contribution in [-0.2, 0) is 14.9 Å². The summed E-state index contributed by atoms with van der Waals surface area (Å²) in [6.45, 7) is 3.96. The van der Waals surface area contributed by atoms with E-state index in [1.54, 1.807) is 12.1 Å². The third kappa shape index (κ3) is 7.27. The van der Waals surface area contributed by atoms with Gasteiger partial charge in [0.2, 0.25) is 0 Å². The van der Waals surface area contributed by atoms with Crippen LogP contribution in [0.4, 0.5) is 0 Å². The molecule has 6 heteroatoms. The summed E-state index contributed by atoms with van der Waals surface area (Å²) in [4.78, 5) is -0.178. The molecule has 0 amide bonds. The zero-order chi connectivity index (χ0) is 14.7. The van der Waals surface area contributed by atoms with Crippen LogP contribution < -0.4 is 0 Å². The van der Waals surface area contributed by atoms with Crippen LogP contribution in [0.25, 0.3) is 0 Å². The van der Waals surface area contributed by atoms with Gasteiger partial charge in [-0.1, -0.05) is 17.7 Å². The van der Waals surface area contributed by atoms with E-state index in [-0.39, 0.29) is 4.90 Å². The van der Waals surface area contributed by atoms with Gasteiger partial charge in [0.05, 0.1) is 32.6 Å². The highest BCUT2D eigenvalue weighted by Crippen LogP contribution is 2.11. The van der Waals surface area contributed by atoms with E-state index in [1.807, 2.05) is 6.92 Å². The highest BCUT2D eigenvalue weighted by atomic mass is 32.2. The lowest BCUT2D eigenvalue weighted by Crippen LogP contribution is -2.37. The number of aryl methyl sites for hydroxylation is 1. The van der Waals surface area contributed by atoms with Crippen LogP contribution in [-0.4, -0.2) is 57.9 Å². The summed E-state index contributed by atoms with van der Waals surface area (Å²) in [6.07, 6.45) is 0.565. The van der Waals surface area contributed by atoms with E-state index in [1.165, 1.54) is 12.1 Å². The molecule has 0 saturated carbocycles. The Balaban J connectivity index is 0.000000200. The van der Waals surface area contributed by atoms with Crippen molar-refractivity contribution in [2.24, 2.45) is 0 Å². The van der Waals surface area contributed by atoms with Crippen LogP contribution in [0.2, 0.25) is 0 Å². The second-order valence-corrected chi connectivity index (χ2v) is 7.08. The molecule has 1 aliphatic rings. The van der Waals surface area contributed by atoms with E-state index in [9.17, 15) is 13.0 Å². The van der Waals surface area contributed by atoms with Gasteiger partial charge >= 0.3 is 0 Å². The minimum absolute atomic E-state index is 0.178. The fourth-order valence-electron chi connectivity index (χ4n) is 1.49. The van der Waals surface area contributed by atoms with Crippen molar-refractivity contribution in [2.75, 3.05) is 34.3 Å². The predicted molar refractivity (Wildman–Crippen MR) is 71.8 cm³/mol. The zero-order valence-corrected chi connectivity index (χ0v) is 12.6. The SMILES string of the molecule is C[N+](C)(C)CC1CO1.Cc1ccc(S(=O)(=O)[O-])cc1. The highest BCUT2D eigenvalue weighted by molar-refractivity contribution is 7.85. The molecule has 1 aromatic carbocycles. The Labute approximate surface area is 115 Å². The average Bonchev–Trinajstić information content (AvgIpc) is 2.99. The molecule has 0 aliphatic carbocycles. The number of nitrogens with zero attached hydrogens (tertiary/aromatic N) is 1. The van der Waals surface area contributed by atoms with Gasteiger partial charge in [-0.05, 0) is 19.1 Å². The number of rotatable bonds is 3. The minimum Gasteiger partial charge on any atom is -0.744 e. The normalized spacial score (nSPS) is 18.5. The molecule has 2 rings (SSSR count). The molecule has 0 aromatic heterocycles. The van der Waals surface area contributed by atoms with Gasteiger partial charge in [0, 0.05) is 0 Å². The Morgan fingerprint density at radius 1 is 1.26 bits per heavy atom. The summed E-state index contributed by atoms with van der Waals surface area (Å²) in [7, 11) is 2.28. The average molecular weight is 287 g/mol. The van der Waals surface area contributed by atoms with Crippen molar-refractivity contribution in [1.82, 2.24) is 0 Å². The second kappa shape index (κ2) is 6.00. The fourth-order valence-corrected chi connectivity index (χ4v) is 1.96. The summed E-state index contributed by atoms with van der Waals surface area (Å²) in [5.74, 6) is 0. The largest absolute Gasteiger partial charge is 0.744 e. The molecular weight excluding hydrogens is 266 g/mol. The first kappa shape index (κ1) is 16.1. The van der Waals surface area contributed by atoms with Gasteiger partial charge in [-0.25, -0.2) is 8.42 Å². The van der Waals surface area contributed by atoms with Crippen LogP contribution in [0.1, 0.15) is 5.56 Å². The minimum atomic E-state index is -4.27. The van der Waals surface area contributed by atoms with E-state index in [2.05, 4.69) is 21.1 Å². The monoisotopic (exact) mass is 287 g/mol. The molecule has 108 valence electrons. The Bertz CT molecular complexity index is 498. The Kier molecular flexibility index (Phi) is 5.09. The number of hydrogen-bond acceptors (Lipinski definition) is 4. The van der Waals surface area contributed by atoms with E-state index >= 15 is 0 Å². The lowest BCUT2D eigenvalue weighted by atomic mass is 10.2. The van der Waals surface area contributed by atoms with Crippen LogP contribution in [0, 0.1) is 6.92 Å². The van der Waals surface area contributed by atoms with Gasteiger partial charge in [0.1, 0.15) is 22.8 Å². The lowest BCUT2D eigenvalue weighted by Gasteiger charge is -2.22. The Hall–Kier alpha value is -0.950. The van der Waals surface area contributed by atoms with Crippen molar-refractivity contribution >= 4 is 10.1 Å². The zero-order valence-electron chi connectivity index (χ0n) is 11.8. The maximum Gasteiger partial charge on any atom is 0.130 e. The fraction of sp³-hybridized carbons (Fsp3) is 0.538. The van der Waals surface area contributed by atoms with Crippen LogP contribution in [0.5, 0.6) is 0 Å². The second-order valence-electron chi connectivity index (χ2n) is 5.70. The van der Waals surface area contributed by atoms with Crippen LogP contribution in [0.3, 0.4) is 0 Å². The first-order valence-corrected chi connectivity index (χ1v) is 7.43. The number of hydrogen-bond donors (Lipinski definition) is 0. The van der Waals surface area contributed by atoms with Gasteiger partial charge in [0.25, 0.3) is 0 Å². The molecule has 0 N–H and O–H groups in total. The van der Waals surface area contributed by atoms with E-state index in [4.69, 9.17) is 4.74 Å². The van der Waals surface area contributed by atoms with E-state index < -0.39 is 10.1 Å². The van der Waals surface area contributed by atoms with Gasteiger partial charge in [0.15, 0.2) is 0 Å². The smallest absolute Gasteiger partial charge is 0.130 e. The van der Waals surface area contributed by atoms with Gasteiger partial charge in [-0.15, -0.1) is 0 Å². The number of benzene rings is 1. The summed E-state index contributed by atoms with van der Waals surface area (Å²) < 4.78 is 37.3. The summed E-state index contributed by atoms with van der Waals surface area (Å²) in [5, 5.41) is 0. The molecule has 5 nitrogen and oxygen atoms in total. The lowest BCUT2D eigenvalue weighted by molar-refractivity contribution is -0.870. The third-order valence-corrected chi connectivity index (χ3v) is 3.31. The van der Waals surface area contributed by atoms with Crippen molar-refractivity contribution in [2.45, 2.75) is 17.9 Å². The molecule has 1 aromatic rings. The van der Waals surface area contributed by atoms with E-state index in [0.717, 1.165) is 23.2 Å². The van der Waals surface area contributed by atoms with Gasteiger partial charge in [-0.2, -0.15) is 0 Å². The maximum atomic E-state index is 10.4. The molecule has 1 fully saturated rings. The van der Waals surface area contributed by atoms with Crippen molar-refractivity contribution in [3.05, 3.63) is 29.8 Å². The quantitative estimate of drug-likeness (QED) is 0.472. The van der Waals surface area contributed by atoms with Crippen molar-refractivity contribution < 1.29 is 22.2 Å². The van der Waals surface area contributed by atoms with Gasteiger partial charge < -0.3 is 13.8 Å². The molecular formula is C13H21NO4S. The molecule has 1 unspecified atom stereocenters. The van der Waals surface area contributed by atoms with Crippen molar-refractivity contribution in [3.63, 3.8) is 0 Å². The maximum absolute atomic E-state index is 10.4. The molecule has 1 aliphatic heterocycles. The Morgan fingerprint density at radius 3 is 2.00 bits per heavy atom. The van der Waals surface area contributed by atoms with Crippen molar-refractivity contribution in [3.8, 4) is 0 Å². The molecule has 1 atom stereocenters. The first-order valence-electron chi connectivity index (χ1n) is 6.02.